The Morgan fingerprint density at radius 3 is 2.82 bits per heavy atom. The van der Waals surface area contributed by atoms with E-state index in [9.17, 15) is 9.18 Å². The van der Waals surface area contributed by atoms with Crippen molar-refractivity contribution in [3.63, 3.8) is 0 Å². The van der Waals surface area contributed by atoms with Gasteiger partial charge in [-0.1, -0.05) is 6.07 Å². The van der Waals surface area contributed by atoms with Crippen LogP contribution in [0.5, 0.6) is 5.75 Å². The fraction of sp³-hybridized carbons (Fsp3) is 0.588. The van der Waals surface area contributed by atoms with Crippen LogP contribution in [0.15, 0.2) is 24.3 Å². The van der Waals surface area contributed by atoms with Crippen LogP contribution in [0, 0.1) is 11.7 Å². The normalized spacial score (nSPS) is 17.3. The van der Waals surface area contributed by atoms with Crippen molar-refractivity contribution in [3.05, 3.63) is 30.1 Å². The lowest BCUT2D eigenvalue weighted by molar-refractivity contribution is -0.132. The molecule has 0 bridgehead atoms. The summed E-state index contributed by atoms with van der Waals surface area (Å²) in [5.74, 6) is 0.891. The van der Waals surface area contributed by atoms with Gasteiger partial charge in [0.05, 0.1) is 6.61 Å². The maximum absolute atomic E-state index is 13.0. The van der Waals surface area contributed by atoms with Crippen LogP contribution in [-0.4, -0.2) is 36.5 Å². The summed E-state index contributed by atoms with van der Waals surface area (Å²) in [6.45, 7) is 4.06. The lowest BCUT2D eigenvalue weighted by Gasteiger charge is -2.33. The summed E-state index contributed by atoms with van der Waals surface area (Å²) in [4.78, 5) is 14.0. The zero-order chi connectivity index (χ0) is 15.9. The third kappa shape index (κ3) is 4.98. The number of halogens is 1. The molecule has 0 radical (unpaired) electrons. The lowest BCUT2D eigenvalue weighted by Crippen LogP contribution is -2.42. The number of carbonyl (C=O) groups is 1. The molecule has 1 saturated heterocycles. The predicted molar refractivity (Wildman–Crippen MR) is 84.1 cm³/mol. The molecular formula is C17H25FN2O2. The molecule has 1 aromatic rings. The summed E-state index contributed by atoms with van der Waals surface area (Å²) in [5, 5.41) is 0. The first kappa shape index (κ1) is 16.7. The smallest absolute Gasteiger partial charge is 0.222 e. The van der Waals surface area contributed by atoms with Gasteiger partial charge in [-0.15, -0.1) is 0 Å². The average Bonchev–Trinajstić information content (AvgIpc) is 2.51. The van der Waals surface area contributed by atoms with Gasteiger partial charge in [0, 0.05) is 31.6 Å². The summed E-state index contributed by atoms with van der Waals surface area (Å²) >= 11 is 0. The number of nitrogens with zero attached hydrogens (tertiary/aromatic N) is 1. The Hall–Kier alpha value is -1.62. The van der Waals surface area contributed by atoms with Crippen LogP contribution in [0.2, 0.25) is 0 Å². The Balaban J connectivity index is 1.64. The molecule has 2 N–H and O–H groups in total. The van der Waals surface area contributed by atoms with Crippen molar-refractivity contribution in [3.8, 4) is 5.75 Å². The quantitative estimate of drug-likeness (QED) is 0.822. The van der Waals surface area contributed by atoms with E-state index in [0.717, 1.165) is 25.9 Å². The van der Waals surface area contributed by atoms with Gasteiger partial charge in [0.2, 0.25) is 5.91 Å². The topological polar surface area (TPSA) is 55.6 Å². The maximum atomic E-state index is 13.0. The molecule has 1 aromatic carbocycles. The van der Waals surface area contributed by atoms with Crippen LogP contribution in [0.3, 0.4) is 0 Å². The van der Waals surface area contributed by atoms with E-state index in [1.54, 1.807) is 12.1 Å². The Kier molecular flexibility index (Phi) is 6.19. The minimum absolute atomic E-state index is 0.172. The van der Waals surface area contributed by atoms with Crippen LogP contribution in [0.1, 0.15) is 32.6 Å². The zero-order valence-corrected chi connectivity index (χ0v) is 13.1. The SMILES string of the molecule is CC(N)C1CCN(C(=O)CCCOc2cccc(F)c2)CC1. The van der Waals surface area contributed by atoms with Crippen molar-refractivity contribution in [2.75, 3.05) is 19.7 Å². The minimum atomic E-state index is -0.314. The van der Waals surface area contributed by atoms with Gasteiger partial charge in [-0.3, -0.25) is 4.79 Å². The second kappa shape index (κ2) is 8.13. The van der Waals surface area contributed by atoms with E-state index in [2.05, 4.69) is 0 Å². The predicted octanol–water partition coefficient (Wildman–Crippen LogP) is 2.57. The first-order valence-electron chi connectivity index (χ1n) is 7.98. The van der Waals surface area contributed by atoms with Crippen molar-refractivity contribution in [1.82, 2.24) is 4.90 Å². The second-order valence-corrected chi connectivity index (χ2v) is 5.99. The number of rotatable bonds is 6. The van der Waals surface area contributed by atoms with E-state index in [1.807, 2.05) is 11.8 Å². The molecule has 1 heterocycles. The molecule has 5 heteroatoms. The molecule has 0 aliphatic carbocycles. The molecule has 1 aliphatic heterocycles. The summed E-state index contributed by atoms with van der Waals surface area (Å²) < 4.78 is 18.4. The Labute approximate surface area is 131 Å². The van der Waals surface area contributed by atoms with Crippen molar-refractivity contribution >= 4 is 5.91 Å². The number of carbonyl (C=O) groups excluding carboxylic acids is 1. The first-order valence-corrected chi connectivity index (χ1v) is 7.98. The first-order chi connectivity index (χ1) is 10.6. The van der Waals surface area contributed by atoms with Gasteiger partial charge < -0.3 is 15.4 Å². The fourth-order valence-corrected chi connectivity index (χ4v) is 2.80. The third-order valence-electron chi connectivity index (χ3n) is 4.24. The number of ether oxygens (including phenoxy) is 1. The highest BCUT2D eigenvalue weighted by atomic mass is 19.1. The molecule has 0 spiro atoms. The van der Waals surface area contributed by atoms with E-state index in [1.165, 1.54) is 12.1 Å². The lowest BCUT2D eigenvalue weighted by atomic mass is 9.91. The van der Waals surface area contributed by atoms with E-state index in [-0.39, 0.29) is 17.8 Å². The maximum Gasteiger partial charge on any atom is 0.222 e. The number of hydrogen-bond acceptors (Lipinski definition) is 3. The highest BCUT2D eigenvalue weighted by molar-refractivity contribution is 5.76. The summed E-state index contributed by atoms with van der Waals surface area (Å²) in [5.41, 5.74) is 5.91. The molecule has 1 unspecified atom stereocenters. The van der Waals surface area contributed by atoms with Crippen LogP contribution in [-0.2, 0) is 4.79 Å². The van der Waals surface area contributed by atoms with Crippen LogP contribution in [0.4, 0.5) is 4.39 Å². The Bertz CT molecular complexity index is 485. The van der Waals surface area contributed by atoms with Gasteiger partial charge in [0.15, 0.2) is 0 Å². The van der Waals surface area contributed by atoms with Crippen molar-refractivity contribution in [2.45, 2.75) is 38.6 Å². The largest absolute Gasteiger partial charge is 0.493 e. The molecule has 1 atom stereocenters. The number of amides is 1. The van der Waals surface area contributed by atoms with Gasteiger partial charge in [-0.2, -0.15) is 0 Å². The molecule has 1 amide bonds. The molecule has 4 nitrogen and oxygen atoms in total. The van der Waals surface area contributed by atoms with Crippen LogP contribution in [0.25, 0.3) is 0 Å². The molecule has 22 heavy (non-hydrogen) atoms. The average molecular weight is 308 g/mol. The monoisotopic (exact) mass is 308 g/mol. The molecule has 2 rings (SSSR count). The number of nitrogens with two attached hydrogens (primary N) is 1. The zero-order valence-electron chi connectivity index (χ0n) is 13.1. The van der Waals surface area contributed by atoms with Gasteiger partial charge in [0.1, 0.15) is 11.6 Å². The molecule has 0 saturated carbocycles. The highest BCUT2D eigenvalue weighted by Crippen LogP contribution is 2.20. The second-order valence-electron chi connectivity index (χ2n) is 5.99. The van der Waals surface area contributed by atoms with E-state index < -0.39 is 0 Å². The van der Waals surface area contributed by atoms with Crippen molar-refractivity contribution in [1.29, 1.82) is 0 Å². The number of piperidine rings is 1. The van der Waals surface area contributed by atoms with E-state index in [0.29, 0.717) is 31.1 Å². The van der Waals surface area contributed by atoms with Crippen molar-refractivity contribution < 1.29 is 13.9 Å². The number of benzene rings is 1. The summed E-state index contributed by atoms with van der Waals surface area (Å²) in [6.07, 6.45) is 3.09. The highest BCUT2D eigenvalue weighted by Gasteiger charge is 2.24. The van der Waals surface area contributed by atoms with Crippen LogP contribution >= 0.6 is 0 Å². The summed E-state index contributed by atoms with van der Waals surface area (Å²) in [7, 11) is 0. The molecule has 1 aliphatic rings. The molecule has 1 fully saturated rings. The van der Waals surface area contributed by atoms with E-state index >= 15 is 0 Å². The van der Waals surface area contributed by atoms with Gasteiger partial charge in [-0.25, -0.2) is 4.39 Å². The summed E-state index contributed by atoms with van der Waals surface area (Å²) in [6, 6.07) is 6.25. The van der Waals surface area contributed by atoms with Crippen molar-refractivity contribution in [2.24, 2.45) is 11.7 Å². The van der Waals surface area contributed by atoms with E-state index in [4.69, 9.17) is 10.5 Å². The Morgan fingerprint density at radius 2 is 2.18 bits per heavy atom. The molecule has 122 valence electrons. The van der Waals surface area contributed by atoms with Gasteiger partial charge in [0.25, 0.3) is 0 Å². The minimum Gasteiger partial charge on any atom is -0.493 e. The van der Waals surface area contributed by atoms with Gasteiger partial charge in [-0.05, 0) is 44.2 Å². The molecular weight excluding hydrogens is 283 g/mol. The molecule has 0 aromatic heterocycles. The standard InChI is InChI=1S/C17H25FN2O2/c1-13(19)14-7-9-20(10-8-14)17(21)6-3-11-22-16-5-2-4-15(18)12-16/h2,4-5,12-14H,3,6-11,19H2,1H3. The van der Waals surface area contributed by atoms with Gasteiger partial charge >= 0.3 is 0 Å². The fourth-order valence-electron chi connectivity index (χ4n) is 2.80. The third-order valence-corrected chi connectivity index (χ3v) is 4.24. The number of hydrogen-bond donors (Lipinski definition) is 1. The number of likely N-dealkylation sites (tertiary alicyclic amines) is 1. The Morgan fingerprint density at radius 1 is 1.45 bits per heavy atom. The van der Waals surface area contributed by atoms with Crippen LogP contribution < -0.4 is 10.5 Å².